The molecule has 2 heterocycles. The van der Waals surface area contributed by atoms with Crippen LogP contribution in [0.15, 0.2) is 29.6 Å². The van der Waals surface area contributed by atoms with E-state index in [0.29, 0.717) is 18.7 Å². The lowest BCUT2D eigenvalue weighted by atomic mass is 9.95. The van der Waals surface area contributed by atoms with Crippen molar-refractivity contribution in [1.29, 1.82) is 0 Å². The van der Waals surface area contributed by atoms with Gasteiger partial charge in [-0.15, -0.1) is 0 Å². The van der Waals surface area contributed by atoms with Crippen molar-refractivity contribution in [3.63, 3.8) is 0 Å². The van der Waals surface area contributed by atoms with Crippen LogP contribution in [0.1, 0.15) is 34.1 Å². The maximum Gasteiger partial charge on any atom is 0.254 e. The minimum atomic E-state index is -0.257. The highest BCUT2D eigenvalue weighted by atomic mass is 32.1. The van der Waals surface area contributed by atoms with Gasteiger partial charge in [-0.1, -0.05) is 12.1 Å². The Morgan fingerprint density at radius 3 is 2.91 bits per heavy atom. The quantitative estimate of drug-likeness (QED) is 0.942. The van der Waals surface area contributed by atoms with Crippen molar-refractivity contribution in [3.05, 3.63) is 52.3 Å². The van der Waals surface area contributed by atoms with Crippen LogP contribution in [0.2, 0.25) is 0 Å². The second kappa shape index (κ2) is 6.54. The van der Waals surface area contributed by atoms with E-state index < -0.39 is 0 Å². The Balaban J connectivity index is 1.63. The SMILES string of the molecule is Cc1nscc1C(=O)NC[C@@H]1CCO[C@H]1c1ccc(F)cc1. The van der Waals surface area contributed by atoms with E-state index in [9.17, 15) is 9.18 Å². The Kier molecular flexibility index (Phi) is 4.49. The number of aryl methyl sites for hydroxylation is 1. The van der Waals surface area contributed by atoms with Crippen molar-refractivity contribution in [2.24, 2.45) is 5.92 Å². The van der Waals surface area contributed by atoms with Crippen molar-refractivity contribution in [2.45, 2.75) is 19.4 Å². The van der Waals surface area contributed by atoms with E-state index in [1.165, 1.54) is 23.7 Å². The predicted octanol–water partition coefficient (Wildman–Crippen LogP) is 3.10. The van der Waals surface area contributed by atoms with E-state index in [-0.39, 0.29) is 23.7 Å². The number of benzene rings is 1. The molecule has 4 nitrogen and oxygen atoms in total. The largest absolute Gasteiger partial charge is 0.373 e. The highest BCUT2D eigenvalue weighted by Crippen LogP contribution is 2.34. The molecule has 2 aromatic rings. The van der Waals surface area contributed by atoms with E-state index in [1.54, 1.807) is 17.5 Å². The maximum absolute atomic E-state index is 13.0. The summed E-state index contributed by atoms with van der Waals surface area (Å²) in [7, 11) is 0. The minimum absolute atomic E-state index is 0.0948. The van der Waals surface area contributed by atoms with E-state index >= 15 is 0 Å². The van der Waals surface area contributed by atoms with Gasteiger partial charge in [-0.05, 0) is 42.6 Å². The van der Waals surface area contributed by atoms with Crippen LogP contribution in [0.5, 0.6) is 0 Å². The molecule has 1 fully saturated rings. The molecule has 1 amide bonds. The smallest absolute Gasteiger partial charge is 0.254 e. The first-order valence-electron chi connectivity index (χ1n) is 7.21. The van der Waals surface area contributed by atoms with E-state index in [1.807, 2.05) is 6.92 Å². The van der Waals surface area contributed by atoms with Gasteiger partial charge in [-0.25, -0.2) is 4.39 Å². The summed E-state index contributed by atoms with van der Waals surface area (Å²) in [5.41, 5.74) is 2.33. The van der Waals surface area contributed by atoms with Crippen LogP contribution in [0.4, 0.5) is 4.39 Å². The summed E-state index contributed by atoms with van der Waals surface area (Å²) < 4.78 is 22.9. The van der Waals surface area contributed by atoms with Gasteiger partial charge in [-0.3, -0.25) is 4.79 Å². The number of hydrogen-bond donors (Lipinski definition) is 1. The number of aromatic nitrogens is 1. The third kappa shape index (κ3) is 3.18. The summed E-state index contributed by atoms with van der Waals surface area (Å²) in [5, 5.41) is 4.71. The molecule has 0 aliphatic carbocycles. The third-order valence-corrected chi connectivity index (χ3v) is 4.65. The van der Waals surface area contributed by atoms with Crippen molar-refractivity contribution in [2.75, 3.05) is 13.2 Å². The fourth-order valence-corrected chi connectivity index (χ4v) is 3.39. The summed E-state index contributed by atoms with van der Waals surface area (Å²) in [6.45, 7) is 3.02. The van der Waals surface area contributed by atoms with Gasteiger partial charge in [0.15, 0.2) is 0 Å². The normalized spacial score (nSPS) is 21.0. The first kappa shape index (κ1) is 15.1. The summed E-state index contributed by atoms with van der Waals surface area (Å²) >= 11 is 1.28. The molecule has 0 spiro atoms. The standard InChI is InChI=1S/C16H17FN2O2S/c1-10-14(9-22-19-10)16(20)18-8-12-6-7-21-15(12)11-2-4-13(17)5-3-11/h2-5,9,12,15H,6-8H2,1H3,(H,18,20)/t12-,15-/m0/s1. The minimum Gasteiger partial charge on any atom is -0.373 e. The number of hydrogen-bond acceptors (Lipinski definition) is 4. The van der Waals surface area contributed by atoms with Crippen LogP contribution in [-0.4, -0.2) is 23.4 Å². The van der Waals surface area contributed by atoms with Gasteiger partial charge >= 0.3 is 0 Å². The molecule has 6 heteroatoms. The number of ether oxygens (including phenoxy) is 1. The molecular weight excluding hydrogens is 303 g/mol. The number of nitrogens with zero attached hydrogens (tertiary/aromatic N) is 1. The molecule has 3 rings (SSSR count). The average Bonchev–Trinajstić information content (AvgIpc) is 3.14. The van der Waals surface area contributed by atoms with Gasteiger partial charge in [0, 0.05) is 24.4 Å². The molecule has 0 unspecified atom stereocenters. The summed E-state index contributed by atoms with van der Waals surface area (Å²) in [6.07, 6.45) is 0.783. The molecule has 1 aliphatic heterocycles. The predicted molar refractivity (Wildman–Crippen MR) is 82.4 cm³/mol. The molecule has 1 aromatic carbocycles. The van der Waals surface area contributed by atoms with Gasteiger partial charge in [0.1, 0.15) is 5.82 Å². The topological polar surface area (TPSA) is 51.2 Å². The Morgan fingerprint density at radius 2 is 2.23 bits per heavy atom. The second-order valence-corrected chi connectivity index (χ2v) is 6.04. The van der Waals surface area contributed by atoms with Gasteiger partial charge < -0.3 is 10.1 Å². The molecule has 2 atom stereocenters. The Hall–Kier alpha value is -1.79. The zero-order chi connectivity index (χ0) is 15.5. The maximum atomic E-state index is 13.0. The Bertz CT molecular complexity index is 656. The van der Waals surface area contributed by atoms with Gasteiger partial charge in [0.2, 0.25) is 0 Å². The monoisotopic (exact) mass is 320 g/mol. The van der Waals surface area contributed by atoms with E-state index in [4.69, 9.17) is 4.74 Å². The van der Waals surface area contributed by atoms with E-state index in [0.717, 1.165) is 17.7 Å². The number of halogens is 1. The van der Waals surface area contributed by atoms with Gasteiger partial charge in [-0.2, -0.15) is 4.37 Å². The molecule has 1 aliphatic rings. The lowest BCUT2D eigenvalue weighted by Crippen LogP contribution is -2.30. The van der Waals surface area contributed by atoms with E-state index in [2.05, 4.69) is 9.69 Å². The molecule has 116 valence electrons. The van der Waals surface area contributed by atoms with Crippen LogP contribution >= 0.6 is 11.5 Å². The fraction of sp³-hybridized carbons (Fsp3) is 0.375. The van der Waals surface area contributed by atoms with Crippen molar-refractivity contribution in [1.82, 2.24) is 9.69 Å². The van der Waals surface area contributed by atoms with Gasteiger partial charge in [0.25, 0.3) is 5.91 Å². The van der Waals surface area contributed by atoms with Gasteiger partial charge in [0.05, 0.1) is 17.4 Å². The Morgan fingerprint density at radius 1 is 1.45 bits per heavy atom. The summed E-state index contributed by atoms with van der Waals surface area (Å²) in [5.74, 6) is -0.163. The van der Waals surface area contributed by atoms with Crippen molar-refractivity contribution >= 4 is 17.4 Å². The molecule has 22 heavy (non-hydrogen) atoms. The van der Waals surface area contributed by atoms with Crippen LogP contribution in [0, 0.1) is 18.7 Å². The molecule has 1 N–H and O–H groups in total. The van der Waals surface area contributed by atoms with Crippen LogP contribution in [0.25, 0.3) is 0 Å². The highest BCUT2D eigenvalue weighted by molar-refractivity contribution is 7.03. The zero-order valence-corrected chi connectivity index (χ0v) is 13.0. The average molecular weight is 320 g/mol. The number of carbonyl (C=O) groups is 1. The number of carbonyl (C=O) groups excluding carboxylic acids is 1. The highest BCUT2D eigenvalue weighted by Gasteiger charge is 2.30. The van der Waals surface area contributed by atoms with Crippen LogP contribution < -0.4 is 5.32 Å². The number of nitrogens with one attached hydrogen (secondary N) is 1. The summed E-state index contributed by atoms with van der Waals surface area (Å²) in [6, 6.07) is 6.36. The Labute approximate surface area is 132 Å². The molecule has 1 saturated heterocycles. The first-order chi connectivity index (χ1) is 10.6. The van der Waals surface area contributed by atoms with Crippen LogP contribution in [-0.2, 0) is 4.74 Å². The molecule has 0 radical (unpaired) electrons. The molecular formula is C16H17FN2O2S. The summed E-state index contributed by atoms with van der Waals surface area (Å²) in [4.78, 5) is 12.1. The second-order valence-electron chi connectivity index (χ2n) is 5.42. The lowest BCUT2D eigenvalue weighted by Gasteiger charge is -2.19. The zero-order valence-electron chi connectivity index (χ0n) is 12.2. The molecule has 0 saturated carbocycles. The molecule has 0 bridgehead atoms. The van der Waals surface area contributed by atoms with Crippen LogP contribution in [0.3, 0.4) is 0 Å². The number of rotatable bonds is 4. The number of amides is 1. The first-order valence-corrected chi connectivity index (χ1v) is 8.05. The van der Waals surface area contributed by atoms with Crippen molar-refractivity contribution in [3.8, 4) is 0 Å². The lowest BCUT2D eigenvalue weighted by molar-refractivity contribution is 0.0846. The molecule has 1 aromatic heterocycles. The fourth-order valence-electron chi connectivity index (χ4n) is 2.69. The third-order valence-electron chi connectivity index (χ3n) is 3.93. The van der Waals surface area contributed by atoms with Crippen molar-refractivity contribution < 1.29 is 13.9 Å².